The minimum atomic E-state index is 0.155. The van der Waals surface area contributed by atoms with Gasteiger partial charge in [-0.2, -0.15) is 0 Å². The average molecular weight is 145 g/mol. The second kappa shape index (κ2) is 3.35. The minimum Gasteiger partial charge on any atom is -0.395 e. The van der Waals surface area contributed by atoms with Gasteiger partial charge in [0, 0.05) is 11.6 Å². The Balaban J connectivity index is 3.94. The molecule has 1 unspecified atom stereocenters. The highest BCUT2D eigenvalue weighted by atomic mass is 16.3. The third-order valence-corrected chi connectivity index (χ3v) is 1.98. The summed E-state index contributed by atoms with van der Waals surface area (Å²) in [6, 6.07) is 0.250. The normalized spacial score (nSPS) is 15.9. The predicted octanol–water partition coefficient (Wildman–Crippen LogP) is 1.10. The molecule has 2 nitrogen and oxygen atoms in total. The molecule has 0 saturated heterocycles. The molecule has 0 fully saturated rings. The van der Waals surface area contributed by atoms with Crippen LogP contribution in [0.4, 0.5) is 0 Å². The first-order valence-electron chi connectivity index (χ1n) is 3.73. The third kappa shape index (κ3) is 2.67. The van der Waals surface area contributed by atoms with Crippen LogP contribution in [-0.2, 0) is 0 Å². The predicted molar refractivity (Wildman–Crippen MR) is 44.1 cm³/mol. The van der Waals surface area contributed by atoms with E-state index in [1.807, 2.05) is 14.0 Å². The van der Waals surface area contributed by atoms with E-state index in [1.165, 1.54) is 0 Å². The SMILES string of the molecule is CC(CO)N(C)C(C)(C)C. The van der Waals surface area contributed by atoms with Gasteiger partial charge in [-0.15, -0.1) is 0 Å². The van der Waals surface area contributed by atoms with Gasteiger partial charge in [0.15, 0.2) is 0 Å². The summed E-state index contributed by atoms with van der Waals surface area (Å²) in [5.41, 5.74) is 0.155. The molecule has 1 N–H and O–H groups in total. The van der Waals surface area contributed by atoms with E-state index in [1.54, 1.807) is 0 Å². The zero-order valence-corrected chi connectivity index (χ0v) is 7.68. The van der Waals surface area contributed by atoms with Gasteiger partial charge in [0.25, 0.3) is 0 Å². The molecule has 0 bridgehead atoms. The van der Waals surface area contributed by atoms with E-state index in [0.717, 1.165) is 0 Å². The van der Waals surface area contributed by atoms with Gasteiger partial charge in [0.1, 0.15) is 0 Å². The lowest BCUT2D eigenvalue weighted by atomic mass is 10.1. The lowest BCUT2D eigenvalue weighted by molar-refractivity contribution is 0.0823. The van der Waals surface area contributed by atoms with Crippen LogP contribution < -0.4 is 0 Å². The molecule has 2 heteroatoms. The molecule has 0 aliphatic heterocycles. The number of aliphatic hydroxyl groups is 1. The van der Waals surface area contributed by atoms with Crippen LogP contribution in [0.25, 0.3) is 0 Å². The molecule has 0 radical (unpaired) electrons. The number of rotatable bonds is 2. The molecular weight excluding hydrogens is 126 g/mol. The van der Waals surface area contributed by atoms with Gasteiger partial charge in [-0.3, -0.25) is 4.90 Å². The fourth-order valence-electron chi connectivity index (χ4n) is 0.784. The minimum absolute atomic E-state index is 0.155. The maximum absolute atomic E-state index is 8.83. The third-order valence-electron chi connectivity index (χ3n) is 1.98. The second-order valence-electron chi connectivity index (χ2n) is 3.81. The zero-order chi connectivity index (χ0) is 8.36. The Morgan fingerprint density at radius 1 is 1.40 bits per heavy atom. The zero-order valence-electron chi connectivity index (χ0n) is 7.68. The number of hydrogen-bond donors (Lipinski definition) is 1. The van der Waals surface area contributed by atoms with Crippen LogP contribution in [-0.4, -0.2) is 35.2 Å². The summed E-state index contributed by atoms with van der Waals surface area (Å²) in [4.78, 5) is 2.16. The van der Waals surface area contributed by atoms with Gasteiger partial charge >= 0.3 is 0 Å². The van der Waals surface area contributed by atoms with Gasteiger partial charge in [-0.1, -0.05) is 0 Å². The van der Waals surface area contributed by atoms with Crippen LogP contribution in [0, 0.1) is 0 Å². The molecule has 0 rings (SSSR count). The Hall–Kier alpha value is -0.0800. The van der Waals surface area contributed by atoms with Crippen molar-refractivity contribution in [2.75, 3.05) is 13.7 Å². The summed E-state index contributed by atoms with van der Waals surface area (Å²) >= 11 is 0. The van der Waals surface area contributed by atoms with Crippen molar-refractivity contribution < 1.29 is 5.11 Å². The summed E-state index contributed by atoms with van der Waals surface area (Å²) < 4.78 is 0. The Labute approximate surface area is 63.8 Å². The standard InChI is InChI=1S/C8H19NO/c1-7(6-10)9(5)8(2,3)4/h7,10H,6H2,1-5H3. The average Bonchev–Trinajstić information content (AvgIpc) is 1.83. The number of aliphatic hydroxyl groups excluding tert-OH is 1. The number of hydrogen-bond acceptors (Lipinski definition) is 2. The van der Waals surface area contributed by atoms with Crippen molar-refractivity contribution in [3.8, 4) is 0 Å². The summed E-state index contributed by atoms with van der Waals surface area (Å²) in [5, 5.41) is 8.83. The molecule has 0 aromatic heterocycles. The van der Waals surface area contributed by atoms with E-state index >= 15 is 0 Å². The molecule has 0 amide bonds. The largest absolute Gasteiger partial charge is 0.395 e. The van der Waals surface area contributed by atoms with Gasteiger partial charge in [0.2, 0.25) is 0 Å². The summed E-state index contributed by atoms with van der Waals surface area (Å²) in [6.45, 7) is 8.66. The maximum atomic E-state index is 8.83. The Bertz CT molecular complexity index is 95.9. The fourth-order valence-corrected chi connectivity index (χ4v) is 0.784. The Morgan fingerprint density at radius 3 is 1.90 bits per heavy atom. The van der Waals surface area contributed by atoms with Crippen molar-refractivity contribution in [2.45, 2.75) is 39.3 Å². The fraction of sp³-hybridized carbons (Fsp3) is 1.00. The smallest absolute Gasteiger partial charge is 0.0584 e. The number of nitrogens with zero attached hydrogens (tertiary/aromatic N) is 1. The highest BCUT2D eigenvalue weighted by molar-refractivity contribution is 4.76. The molecule has 0 aliphatic rings. The first kappa shape index (κ1) is 9.92. The van der Waals surface area contributed by atoms with Gasteiger partial charge < -0.3 is 5.11 Å². The van der Waals surface area contributed by atoms with E-state index in [-0.39, 0.29) is 18.2 Å². The molecule has 0 saturated carbocycles. The highest BCUT2D eigenvalue weighted by Gasteiger charge is 2.20. The molecule has 0 aromatic carbocycles. The Kier molecular flexibility index (Phi) is 3.33. The van der Waals surface area contributed by atoms with E-state index in [9.17, 15) is 0 Å². The molecule has 62 valence electrons. The topological polar surface area (TPSA) is 23.5 Å². The van der Waals surface area contributed by atoms with Gasteiger partial charge in [-0.05, 0) is 34.7 Å². The summed E-state index contributed by atoms with van der Waals surface area (Å²) in [7, 11) is 2.03. The van der Waals surface area contributed by atoms with Crippen molar-refractivity contribution in [1.29, 1.82) is 0 Å². The van der Waals surface area contributed by atoms with E-state index < -0.39 is 0 Å². The first-order valence-corrected chi connectivity index (χ1v) is 3.73. The molecule has 0 spiro atoms. The molecule has 10 heavy (non-hydrogen) atoms. The molecule has 0 aromatic rings. The highest BCUT2D eigenvalue weighted by Crippen LogP contribution is 2.13. The van der Waals surface area contributed by atoms with E-state index in [2.05, 4.69) is 25.7 Å². The van der Waals surface area contributed by atoms with Gasteiger partial charge in [-0.25, -0.2) is 0 Å². The van der Waals surface area contributed by atoms with Crippen LogP contribution >= 0.6 is 0 Å². The summed E-state index contributed by atoms with van der Waals surface area (Å²) in [6.07, 6.45) is 0. The van der Waals surface area contributed by atoms with Crippen LogP contribution in [0.3, 0.4) is 0 Å². The van der Waals surface area contributed by atoms with Crippen LogP contribution in [0.15, 0.2) is 0 Å². The molecule has 0 heterocycles. The van der Waals surface area contributed by atoms with Crippen molar-refractivity contribution in [2.24, 2.45) is 0 Å². The number of likely N-dealkylation sites (N-methyl/N-ethyl adjacent to an activating group) is 1. The van der Waals surface area contributed by atoms with Crippen LogP contribution in [0.5, 0.6) is 0 Å². The molecule has 1 atom stereocenters. The van der Waals surface area contributed by atoms with Crippen molar-refractivity contribution >= 4 is 0 Å². The van der Waals surface area contributed by atoms with E-state index in [4.69, 9.17) is 5.11 Å². The Morgan fingerprint density at radius 2 is 1.80 bits per heavy atom. The van der Waals surface area contributed by atoms with Gasteiger partial charge in [0.05, 0.1) is 6.61 Å². The van der Waals surface area contributed by atoms with Crippen molar-refractivity contribution in [3.63, 3.8) is 0 Å². The van der Waals surface area contributed by atoms with Crippen molar-refractivity contribution in [3.05, 3.63) is 0 Å². The second-order valence-corrected chi connectivity index (χ2v) is 3.81. The monoisotopic (exact) mass is 145 g/mol. The lowest BCUT2D eigenvalue weighted by Crippen LogP contribution is -2.45. The first-order chi connectivity index (χ1) is 4.39. The molecule has 0 aliphatic carbocycles. The lowest BCUT2D eigenvalue weighted by Gasteiger charge is -2.36. The van der Waals surface area contributed by atoms with E-state index in [0.29, 0.717) is 0 Å². The molecular formula is C8H19NO. The summed E-state index contributed by atoms with van der Waals surface area (Å²) in [5.74, 6) is 0. The van der Waals surface area contributed by atoms with Crippen molar-refractivity contribution in [1.82, 2.24) is 4.90 Å². The van der Waals surface area contributed by atoms with Crippen LogP contribution in [0.2, 0.25) is 0 Å². The quantitative estimate of drug-likeness (QED) is 0.629. The van der Waals surface area contributed by atoms with Crippen LogP contribution in [0.1, 0.15) is 27.7 Å². The maximum Gasteiger partial charge on any atom is 0.0584 e.